The molecule has 1 aliphatic rings. The number of ether oxygens (including phenoxy) is 1. The van der Waals surface area contributed by atoms with Crippen LogP contribution in [-0.2, 0) is 4.74 Å². The minimum absolute atomic E-state index is 0.0665. The van der Waals surface area contributed by atoms with E-state index in [-0.39, 0.29) is 11.6 Å². The van der Waals surface area contributed by atoms with Crippen molar-refractivity contribution >= 4 is 6.09 Å². The molecule has 0 spiro atoms. The van der Waals surface area contributed by atoms with Crippen molar-refractivity contribution in [2.24, 2.45) is 5.92 Å². The molecule has 1 unspecified atom stereocenters. The van der Waals surface area contributed by atoms with E-state index >= 15 is 0 Å². The quantitative estimate of drug-likeness (QED) is 0.687. The average Bonchev–Trinajstić information content (AvgIpc) is 2.37. The van der Waals surface area contributed by atoms with Gasteiger partial charge in [0.05, 0.1) is 0 Å². The van der Waals surface area contributed by atoms with Gasteiger partial charge in [-0.1, -0.05) is 13.3 Å². The molecule has 16 heavy (non-hydrogen) atoms. The van der Waals surface area contributed by atoms with Crippen molar-refractivity contribution in [1.29, 1.82) is 0 Å². The van der Waals surface area contributed by atoms with Crippen molar-refractivity contribution in [3.8, 4) is 0 Å². The Morgan fingerprint density at radius 3 is 2.38 bits per heavy atom. The molecule has 1 saturated heterocycles. The molecule has 0 aliphatic carbocycles. The van der Waals surface area contributed by atoms with Crippen LogP contribution < -0.4 is 0 Å². The number of nitrogens with zero attached hydrogens (tertiary/aromatic N) is 1. The lowest BCUT2D eigenvalue weighted by atomic mass is 9.95. The third-order valence-corrected chi connectivity index (χ3v) is 3.15. The maximum atomic E-state index is 12.0. The molecule has 1 fully saturated rings. The van der Waals surface area contributed by atoms with Gasteiger partial charge in [0.25, 0.3) is 0 Å². The van der Waals surface area contributed by atoms with Gasteiger partial charge in [-0.15, -0.1) is 0 Å². The lowest BCUT2D eigenvalue weighted by Crippen LogP contribution is -2.45. The van der Waals surface area contributed by atoms with Gasteiger partial charge in [0, 0.05) is 12.1 Å². The molecule has 0 N–H and O–H groups in total. The smallest absolute Gasteiger partial charge is 0.410 e. The van der Waals surface area contributed by atoms with Crippen molar-refractivity contribution in [2.45, 2.75) is 65.5 Å². The van der Waals surface area contributed by atoms with Crippen molar-refractivity contribution < 1.29 is 9.53 Å². The Morgan fingerprint density at radius 1 is 1.44 bits per heavy atom. The summed E-state index contributed by atoms with van der Waals surface area (Å²) in [7, 11) is 0. The van der Waals surface area contributed by atoms with Gasteiger partial charge in [-0.3, -0.25) is 0 Å². The Kier molecular flexibility index (Phi) is 3.56. The number of rotatable bonds is 1. The summed E-state index contributed by atoms with van der Waals surface area (Å²) in [5, 5.41) is 0. The highest BCUT2D eigenvalue weighted by Gasteiger charge is 2.42. The predicted molar refractivity (Wildman–Crippen MR) is 65.4 cm³/mol. The average molecular weight is 227 g/mol. The van der Waals surface area contributed by atoms with Crippen LogP contribution in [0, 0.1) is 5.92 Å². The summed E-state index contributed by atoms with van der Waals surface area (Å²) in [5.74, 6) is 0.613. The highest BCUT2D eigenvalue weighted by molar-refractivity contribution is 5.69. The monoisotopic (exact) mass is 227 g/mol. The first kappa shape index (κ1) is 13.3. The number of amides is 1. The van der Waals surface area contributed by atoms with Gasteiger partial charge in [-0.05, 0) is 47.0 Å². The molecule has 3 nitrogen and oxygen atoms in total. The van der Waals surface area contributed by atoms with E-state index in [2.05, 4.69) is 20.8 Å². The van der Waals surface area contributed by atoms with E-state index in [9.17, 15) is 4.79 Å². The second-order valence-electron chi connectivity index (χ2n) is 6.38. The number of likely N-dealkylation sites (tertiary alicyclic amines) is 1. The second kappa shape index (κ2) is 4.27. The van der Waals surface area contributed by atoms with Crippen LogP contribution in [0.5, 0.6) is 0 Å². The number of hydrogen-bond donors (Lipinski definition) is 0. The molecule has 1 heterocycles. The zero-order valence-corrected chi connectivity index (χ0v) is 11.5. The lowest BCUT2D eigenvalue weighted by molar-refractivity contribution is 0.0131. The summed E-state index contributed by atoms with van der Waals surface area (Å²) < 4.78 is 5.44. The molecule has 0 saturated carbocycles. The van der Waals surface area contributed by atoms with Gasteiger partial charge in [-0.2, -0.15) is 0 Å². The largest absolute Gasteiger partial charge is 0.444 e. The maximum absolute atomic E-state index is 12.0. The van der Waals surface area contributed by atoms with Crippen LogP contribution in [0.15, 0.2) is 0 Å². The van der Waals surface area contributed by atoms with Gasteiger partial charge in [0.1, 0.15) is 5.60 Å². The summed E-state index contributed by atoms with van der Waals surface area (Å²) in [6.07, 6.45) is 2.03. The summed E-state index contributed by atoms with van der Waals surface area (Å²) in [4.78, 5) is 13.9. The van der Waals surface area contributed by atoms with Gasteiger partial charge < -0.3 is 9.64 Å². The van der Waals surface area contributed by atoms with Crippen LogP contribution in [0.1, 0.15) is 54.4 Å². The topological polar surface area (TPSA) is 29.5 Å². The Hall–Kier alpha value is -0.730. The van der Waals surface area contributed by atoms with E-state index in [0.717, 1.165) is 19.4 Å². The molecule has 0 radical (unpaired) electrons. The van der Waals surface area contributed by atoms with Crippen LogP contribution in [0.4, 0.5) is 4.79 Å². The normalized spacial score (nSPS) is 24.6. The number of hydrogen-bond acceptors (Lipinski definition) is 2. The van der Waals surface area contributed by atoms with Crippen molar-refractivity contribution in [3.05, 3.63) is 0 Å². The van der Waals surface area contributed by atoms with Crippen LogP contribution in [0.3, 0.4) is 0 Å². The molecular weight excluding hydrogens is 202 g/mol. The van der Waals surface area contributed by atoms with E-state index in [1.165, 1.54) is 0 Å². The molecular formula is C13H25NO2. The second-order valence-corrected chi connectivity index (χ2v) is 6.38. The Morgan fingerprint density at radius 2 is 2.00 bits per heavy atom. The van der Waals surface area contributed by atoms with Gasteiger partial charge >= 0.3 is 6.09 Å². The van der Waals surface area contributed by atoms with Crippen LogP contribution in [0.2, 0.25) is 0 Å². The molecule has 1 aliphatic heterocycles. The Labute approximate surface area is 99.1 Å². The van der Waals surface area contributed by atoms with Crippen LogP contribution >= 0.6 is 0 Å². The fraction of sp³-hybridized carbons (Fsp3) is 0.923. The first-order valence-electron chi connectivity index (χ1n) is 6.16. The molecule has 0 aromatic carbocycles. The number of carbonyl (C=O) groups is 1. The zero-order chi connectivity index (χ0) is 12.6. The standard InChI is InChI=1S/C13H25NO2/c1-7-10-8-13(5,6)14(9-10)11(15)16-12(2,3)4/h10H,7-9H2,1-6H3. The fourth-order valence-corrected chi connectivity index (χ4v) is 2.30. The molecule has 3 heteroatoms. The highest BCUT2D eigenvalue weighted by atomic mass is 16.6. The lowest BCUT2D eigenvalue weighted by Gasteiger charge is -2.33. The summed E-state index contributed by atoms with van der Waals surface area (Å²) >= 11 is 0. The fourth-order valence-electron chi connectivity index (χ4n) is 2.30. The third kappa shape index (κ3) is 3.13. The molecule has 0 bridgehead atoms. The van der Waals surface area contributed by atoms with E-state index in [4.69, 9.17) is 4.74 Å². The summed E-state index contributed by atoms with van der Waals surface area (Å²) in [5.41, 5.74) is -0.472. The van der Waals surface area contributed by atoms with E-state index in [1.807, 2.05) is 25.7 Å². The summed E-state index contributed by atoms with van der Waals surface area (Å²) in [6, 6.07) is 0. The van der Waals surface area contributed by atoms with E-state index in [1.54, 1.807) is 0 Å². The first-order valence-corrected chi connectivity index (χ1v) is 6.16. The molecule has 0 aromatic rings. The van der Waals surface area contributed by atoms with Gasteiger partial charge in [-0.25, -0.2) is 4.79 Å². The third-order valence-electron chi connectivity index (χ3n) is 3.15. The minimum atomic E-state index is -0.405. The van der Waals surface area contributed by atoms with Crippen molar-refractivity contribution in [1.82, 2.24) is 4.90 Å². The molecule has 1 atom stereocenters. The molecule has 1 rings (SSSR count). The van der Waals surface area contributed by atoms with Crippen LogP contribution in [-0.4, -0.2) is 28.7 Å². The number of carbonyl (C=O) groups excluding carboxylic acids is 1. The van der Waals surface area contributed by atoms with Gasteiger partial charge in [0.15, 0.2) is 0 Å². The maximum Gasteiger partial charge on any atom is 0.410 e. The van der Waals surface area contributed by atoms with Crippen LogP contribution in [0.25, 0.3) is 0 Å². The Bertz CT molecular complexity index is 266. The molecule has 1 amide bonds. The van der Waals surface area contributed by atoms with Crippen molar-refractivity contribution in [2.75, 3.05) is 6.54 Å². The van der Waals surface area contributed by atoms with E-state index in [0.29, 0.717) is 5.92 Å². The molecule has 0 aromatic heterocycles. The zero-order valence-electron chi connectivity index (χ0n) is 11.5. The first-order chi connectivity index (χ1) is 7.15. The van der Waals surface area contributed by atoms with E-state index < -0.39 is 5.60 Å². The minimum Gasteiger partial charge on any atom is -0.444 e. The predicted octanol–water partition coefficient (Wildman–Crippen LogP) is 3.43. The Balaban J connectivity index is 2.69. The highest BCUT2D eigenvalue weighted by Crippen LogP contribution is 2.35. The summed E-state index contributed by atoms with van der Waals surface area (Å²) in [6.45, 7) is 13.0. The van der Waals surface area contributed by atoms with Crippen molar-refractivity contribution in [3.63, 3.8) is 0 Å². The molecule has 94 valence electrons. The van der Waals surface area contributed by atoms with Gasteiger partial charge in [0.2, 0.25) is 0 Å². The SMILES string of the molecule is CCC1CN(C(=O)OC(C)(C)C)C(C)(C)C1.